The SMILES string of the molecule is N#C[C@@H]1CSCN1C(=O)[C@@H](N)Cc1c[nH]c2ccc(Oc3ccc(C(F)(F)F)cn3)cc12.O=C(O)C(F)(F)F. The van der Waals surface area contributed by atoms with Crippen LogP contribution < -0.4 is 10.5 Å². The van der Waals surface area contributed by atoms with Gasteiger partial charge in [-0.3, -0.25) is 4.79 Å². The summed E-state index contributed by atoms with van der Waals surface area (Å²) in [7, 11) is 0. The number of halogens is 6. The van der Waals surface area contributed by atoms with Crippen LogP contribution in [0.5, 0.6) is 11.6 Å². The van der Waals surface area contributed by atoms with E-state index in [-0.39, 0.29) is 18.2 Å². The molecular formula is C23H19F6N5O4S. The average molecular weight is 575 g/mol. The van der Waals surface area contributed by atoms with Gasteiger partial charge in [0.25, 0.3) is 0 Å². The number of nitrogens with zero attached hydrogens (tertiary/aromatic N) is 3. The van der Waals surface area contributed by atoms with E-state index in [0.29, 0.717) is 23.6 Å². The number of hydrogen-bond acceptors (Lipinski definition) is 7. The van der Waals surface area contributed by atoms with Gasteiger partial charge in [-0.1, -0.05) is 0 Å². The molecule has 0 aliphatic carbocycles. The molecule has 2 aromatic heterocycles. The van der Waals surface area contributed by atoms with Crippen molar-refractivity contribution in [2.75, 3.05) is 11.6 Å². The molecule has 9 nitrogen and oxygen atoms in total. The maximum atomic E-state index is 12.7. The lowest BCUT2D eigenvalue weighted by atomic mass is 10.0. The number of aromatic nitrogens is 2. The van der Waals surface area contributed by atoms with Crippen LogP contribution in [-0.2, 0) is 22.2 Å². The molecule has 1 aliphatic heterocycles. The van der Waals surface area contributed by atoms with Crippen LogP contribution in [0.2, 0.25) is 0 Å². The summed E-state index contributed by atoms with van der Waals surface area (Å²) < 4.78 is 75.4. The van der Waals surface area contributed by atoms with Crippen LogP contribution in [-0.4, -0.2) is 61.7 Å². The fourth-order valence-corrected chi connectivity index (χ4v) is 4.51. The molecule has 1 aromatic carbocycles. The number of amides is 1. The van der Waals surface area contributed by atoms with Gasteiger partial charge >= 0.3 is 18.3 Å². The lowest BCUT2D eigenvalue weighted by molar-refractivity contribution is -0.192. The van der Waals surface area contributed by atoms with Gasteiger partial charge in [-0.15, -0.1) is 11.8 Å². The van der Waals surface area contributed by atoms with Crippen LogP contribution in [0.3, 0.4) is 0 Å². The van der Waals surface area contributed by atoms with Gasteiger partial charge in [0, 0.05) is 35.1 Å². The molecule has 1 aliphatic rings. The minimum Gasteiger partial charge on any atom is -0.475 e. The molecule has 2 atom stereocenters. The number of carbonyl (C=O) groups is 2. The number of H-pyrrole nitrogens is 1. The third kappa shape index (κ3) is 7.54. The number of hydrogen-bond donors (Lipinski definition) is 3. The number of carbonyl (C=O) groups excluding carboxylic acids is 1. The summed E-state index contributed by atoms with van der Waals surface area (Å²) in [5, 5.41) is 17.1. The number of alkyl halides is 6. The van der Waals surface area contributed by atoms with Gasteiger partial charge in [0.1, 0.15) is 11.8 Å². The zero-order valence-electron chi connectivity index (χ0n) is 19.6. The molecule has 0 saturated carbocycles. The van der Waals surface area contributed by atoms with Crippen LogP contribution in [0.15, 0.2) is 42.7 Å². The molecule has 208 valence electrons. The fraction of sp³-hybridized carbons (Fsp3) is 0.304. The third-order valence-corrected chi connectivity index (χ3v) is 6.35. The number of aromatic amines is 1. The predicted octanol–water partition coefficient (Wildman–Crippen LogP) is 4.30. The molecule has 1 amide bonds. The first-order valence-electron chi connectivity index (χ1n) is 10.9. The number of thioether (sulfide) groups is 1. The van der Waals surface area contributed by atoms with E-state index in [1.807, 2.05) is 0 Å². The van der Waals surface area contributed by atoms with Crippen molar-refractivity contribution in [2.45, 2.75) is 30.9 Å². The molecule has 16 heteroatoms. The molecule has 1 fully saturated rings. The minimum atomic E-state index is -5.08. The number of pyridine rings is 1. The molecule has 0 radical (unpaired) electrons. The molecule has 0 unspecified atom stereocenters. The molecule has 39 heavy (non-hydrogen) atoms. The molecular weight excluding hydrogens is 556 g/mol. The lowest BCUT2D eigenvalue weighted by Gasteiger charge is -2.22. The zero-order chi connectivity index (χ0) is 29.0. The number of carboxylic acids is 1. The number of carboxylic acid groups (broad SMARTS) is 1. The van der Waals surface area contributed by atoms with E-state index in [1.54, 1.807) is 24.4 Å². The second-order valence-electron chi connectivity index (χ2n) is 8.07. The maximum absolute atomic E-state index is 12.7. The molecule has 4 rings (SSSR count). The highest BCUT2D eigenvalue weighted by atomic mass is 32.2. The largest absolute Gasteiger partial charge is 0.490 e. The predicted molar refractivity (Wildman–Crippen MR) is 127 cm³/mol. The Kier molecular flexibility index (Phi) is 8.97. The number of nitriles is 1. The zero-order valence-corrected chi connectivity index (χ0v) is 20.4. The topological polar surface area (TPSA) is 145 Å². The Balaban J connectivity index is 0.000000532. The highest BCUT2D eigenvalue weighted by Crippen LogP contribution is 2.31. The molecule has 4 N–H and O–H groups in total. The number of ether oxygens (including phenoxy) is 1. The second kappa shape index (κ2) is 11.8. The van der Waals surface area contributed by atoms with Gasteiger partial charge in [0.15, 0.2) is 0 Å². The van der Waals surface area contributed by atoms with Crippen molar-refractivity contribution < 1.29 is 45.8 Å². The Morgan fingerprint density at radius 3 is 2.51 bits per heavy atom. The van der Waals surface area contributed by atoms with Gasteiger partial charge in [-0.2, -0.15) is 31.6 Å². The summed E-state index contributed by atoms with van der Waals surface area (Å²) in [4.78, 5) is 29.9. The van der Waals surface area contributed by atoms with Crippen LogP contribution in [0.4, 0.5) is 26.3 Å². The first-order valence-corrected chi connectivity index (χ1v) is 12.0. The first-order chi connectivity index (χ1) is 18.2. The molecule has 3 aromatic rings. The molecule has 0 spiro atoms. The Bertz CT molecular complexity index is 1370. The third-order valence-electron chi connectivity index (χ3n) is 5.34. The lowest BCUT2D eigenvalue weighted by Crippen LogP contribution is -2.47. The second-order valence-corrected chi connectivity index (χ2v) is 9.07. The minimum absolute atomic E-state index is 0.0235. The molecule has 0 bridgehead atoms. The highest BCUT2D eigenvalue weighted by molar-refractivity contribution is 7.99. The van der Waals surface area contributed by atoms with Crippen molar-refractivity contribution in [1.82, 2.24) is 14.9 Å². The number of nitrogens with two attached hydrogens (primary N) is 1. The van der Waals surface area contributed by atoms with E-state index in [1.165, 1.54) is 16.7 Å². The summed E-state index contributed by atoms with van der Waals surface area (Å²) in [6.45, 7) is 0. The number of benzene rings is 1. The summed E-state index contributed by atoms with van der Waals surface area (Å²) in [6.07, 6.45) is -6.84. The van der Waals surface area contributed by atoms with Crippen LogP contribution in [0, 0.1) is 11.3 Å². The van der Waals surface area contributed by atoms with E-state index in [0.717, 1.165) is 28.6 Å². The van der Waals surface area contributed by atoms with Crippen LogP contribution in [0.25, 0.3) is 10.9 Å². The van der Waals surface area contributed by atoms with E-state index in [9.17, 15) is 36.4 Å². The maximum Gasteiger partial charge on any atom is 0.490 e. The summed E-state index contributed by atoms with van der Waals surface area (Å²) >= 11 is 1.51. The monoisotopic (exact) mass is 575 g/mol. The smallest absolute Gasteiger partial charge is 0.475 e. The Morgan fingerprint density at radius 1 is 1.26 bits per heavy atom. The summed E-state index contributed by atoms with van der Waals surface area (Å²) in [5.41, 5.74) is 6.87. The fourth-order valence-electron chi connectivity index (χ4n) is 3.42. The summed E-state index contributed by atoms with van der Waals surface area (Å²) in [6, 6.07) is 8.01. The standard InChI is InChI=1S/C21H18F3N5O2S.C2HF3O2/c22-21(23,24)13-1-4-19(28-9-13)31-15-2-3-18-16(6-15)12(8-27-18)5-17(26)20(30)29-11-32-10-14(29)7-25;3-2(4,5)1(6)7/h1-4,6,8-9,14,17,27H,5,10-11,26H2;(H,6,7)/t14-,17+;/m1./s1. The van der Waals surface area contributed by atoms with Crippen molar-refractivity contribution in [1.29, 1.82) is 5.26 Å². The number of fused-ring (bicyclic) bond motifs is 1. The Morgan fingerprint density at radius 2 is 1.95 bits per heavy atom. The van der Waals surface area contributed by atoms with Crippen molar-refractivity contribution in [3.63, 3.8) is 0 Å². The van der Waals surface area contributed by atoms with Crippen LogP contribution in [0.1, 0.15) is 11.1 Å². The normalized spacial score (nSPS) is 16.3. The van der Waals surface area contributed by atoms with E-state index >= 15 is 0 Å². The highest BCUT2D eigenvalue weighted by Gasteiger charge is 2.38. The first kappa shape index (κ1) is 29.6. The van der Waals surface area contributed by atoms with Gasteiger partial charge < -0.3 is 25.5 Å². The number of rotatable bonds is 5. The van der Waals surface area contributed by atoms with Gasteiger partial charge in [-0.25, -0.2) is 9.78 Å². The quantitative estimate of drug-likeness (QED) is 0.382. The van der Waals surface area contributed by atoms with Gasteiger partial charge in [0.05, 0.1) is 23.6 Å². The van der Waals surface area contributed by atoms with Crippen molar-refractivity contribution >= 4 is 34.5 Å². The van der Waals surface area contributed by atoms with Crippen molar-refractivity contribution in [3.8, 4) is 17.7 Å². The Hall–Kier alpha value is -3.97. The van der Waals surface area contributed by atoms with E-state index in [2.05, 4.69) is 16.0 Å². The van der Waals surface area contributed by atoms with Crippen molar-refractivity contribution in [3.05, 3.63) is 53.9 Å². The number of aliphatic carboxylic acids is 1. The summed E-state index contributed by atoms with van der Waals surface area (Å²) in [5.74, 6) is -1.62. The molecule has 1 saturated heterocycles. The average Bonchev–Trinajstić information content (AvgIpc) is 3.50. The molecule has 3 heterocycles. The number of nitrogens with one attached hydrogen (secondary N) is 1. The van der Waals surface area contributed by atoms with E-state index in [4.69, 9.17) is 20.4 Å². The van der Waals surface area contributed by atoms with Gasteiger partial charge in [-0.05, 0) is 36.2 Å². The van der Waals surface area contributed by atoms with Gasteiger partial charge in [0.2, 0.25) is 11.8 Å². The van der Waals surface area contributed by atoms with E-state index < -0.39 is 36.0 Å². The Labute approximate surface area is 220 Å². The van der Waals surface area contributed by atoms with Crippen LogP contribution >= 0.6 is 11.8 Å². The van der Waals surface area contributed by atoms with Crippen molar-refractivity contribution in [2.24, 2.45) is 5.73 Å².